The molecular formula is C31H48O6. The summed E-state index contributed by atoms with van der Waals surface area (Å²) in [4.78, 5) is 24.5. The van der Waals surface area contributed by atoms with Gasteiger partial charge >= 0.3 is 5.97 Å². The zero-order chi connectivity index (χ0) is 27.3. The van der Waals surface area contributed by atoms with Gasteiger partial charge in [0.15, 0.2) is 0 Å². The van der Waals surface area contributed by atoms with Crippen molar-refractivity contribution in [3.8, 4) is 0 Å². The highest BCUT2D eigenvalue weighted by Crippen LogP contribution is 2.69. The molecule has 0 spiro atoms. The highest BCUT2D eigenvalue weighted by Gasteiger charge is 2.65. The first-order chi connectivity index (χ1) is 17.0. The smallest absolute Gasteiger partial charge is 0.306 e. The van der Waals surface area contributed by atoms with Crippen LogP contribution in [0.2, 0.25) is 0 Å². The number of fused-ring (bicyclic) bond motifs is 5. The lowest BCUT2D eigenvalue weighted by atomic mass is 9.40. The van der Waals surface area contributed by atoms with Crippen LogP contribution in [0.15, 0.2) is 11.1 Å². The van der Waals surface area contributed by atoms with E-state index in [4.69, 9.17) is 4.74 Å². The molecule has 3 N–H and O–H groups in total. The predicted octanol–water partition coefficient (Wildman–Crippen LogP) is 5.29. The Kier molecular flexibility index (Phi) is 6.19. The minimum atomic E-state index is -1.41. The zero-order valence-electron chi connectivity index (χ0n) is 23.9. The van der Waals surface area contributed by atoms with E-state index in [0.717, 1.165) is 32.1 Å². The molecule has 0 aromatic carbocycles. The van der Waals surface area contributed by atoms with Crippen LogP contribution in [0.3, 0.4) is 0 Å². The number of allylic oxidation sites excluding steroid dienone is 1. The van der Waals surface area contributed by atoms with Crippen LogP contribution >= 0.6 is 0 Å². The Balaban J connectivity index is 1.44. The van der Waals surface area contributed by atoms with Gasteiger partial charge in [-0.3, -0.25) is 9.59 Å². The van der Waals surface area contributed by atoms with E-state index in [1.807, 2.05) is 13.8 Å². The first-order valence-electron chi connectivity index (χ1n) is 14.5. The number of carbonyl (C=O) groups excluding carboxylic acids is 1. The van der Waals surface area contributed by atoms with Gasteiger partial charge in [-0.1, -0.05) is 45.8 Å². The van der Waals surface area contributed by atoms with Gasteiger partial charge in [0, 0.05) is 11.8 Å². The van der Waals surface area contributed by atoms with Crippen LogP contribution < -0.4 is 0 Å². The van der Waals surface area contributed by atoms with Crippen LogP contribution in [0.25, 0.3) is 0 Å². The molecule has 37 heavy (non-hydrogen) atoms. The number of carboxylic acid groups (broad SMARTS) is 1. The molecule has 0 radical (unpaired) electrons. The number of ketones is 1. The van der Waals surface area contributed by atoms with E-state index >= 15 is 0 Å². The number of hydrogen-bond acceptors (Lipinski definition) is 5. The molecule has 0 bridgehead atoms. The number of epoxide rings is 1. The average Bonchev–Trinajstić information content (AvgIpc) is 3.29. The van der Waals surface area contributed by atoms with Gasteiger partial charge in [0.1, 0.15) is 17.5 Å². The summed E-state index contributed by atoms with van der Waals surface area (Å²) in [5, 5.41) is 32.8. The van der Waals surface area contributed by atoms with Crippen molar-refractivity contribution < 1.29 is 29.6 Å². The number of ether oxygens (including phenoxy) is 1. The Morgan fingerprint density at radius 3 is 2.35 bits per heavy atom. The molecule has 6 nitrogen and oxygen atoms in total. The SMILES string of the molecule is C[C@H](C[C@](O)(CC(=O)O)[C@H]1OC1(C)C)C1=C2C[C@H](O)[C@@H]3[C@H](CCC4C(C)(C)C(=O)CC[C@@]43C)[C@@]2(C)CC1. The summed E-state index contributed by atoms with van der Waals surface area (Å²) in [5.74, 6) is 0.252. The third kappa shape index (κ3) is 3.98. The number of aliphatic hydroxyl groups excluding tert-OH is 1. The van der Waals surface area contributed by atoms with Crippen LogP contribution in [0.1, 0.15) is 106 Å². The van der Waals surface area contributed by atoms with Crippen LogP contribution in [0.4, 0.5) is 0 Å². The van der Waals surface area contributed by atoms with Crippen molar-refractivity contribution in [2.75, 3.05) is 0 Å². The van der Waals surface area contributed by atoms with Crippen LogP contribution in [-0.2, 0) is 14.3 Å². The van der Waals surface area contributed by atoms with Gasteiger partial charge in [0.05, 0.1) is 18.1 Å². The second kappa shape index (κ2) is 8.38. The van der Waals surface area contributed by atoms with Gasteiger partial charge in [-0.2, -0.15) is 0 Å². The average molecular weight is 517 g/mol. The molecule has 1 heterocycles. The topological polar surface area (TPSA) is 107 Å². The number of aliphatic hydroxyl groups is 2. The number of aliphatic carboxylic acids is 1. The number of carboxylic acids is 1. The molecule has 6 heteroatoms. The Bertz CT molecular complexity index is 1030. The molecule has 9 atom stereocenters. The second-order valence-corrected chi connectivity index (χ2v) is 15.0. The molecule has 1 saturated heterocycles. The fourth-order valence-corrected chi connectivity index (χ4v) is 10.3. The second-order valence-electron chi connectivity index (χ2n) is 15.0. The van der Waals surface area contributed by atoms with Crippen molar-refractivity contribution in [2.24, 2.45) is 39.9 Å². The molecule has 3 saturated carbocycles. The maximum atomic E-state index is 12.9. The lowest BCUT2D eigenvalue weighted by Gasteiger charge is -2.64. The van der Waals surface area contributed by atoms with E-state index in [0.29, 0.717) is 36.9 Å². The molecule has 4 aliphatic carbocycles. The summed E-state index contributed by atoms with van der Waals surface area (Å²) >= 11 is 0. The maximum Gasteiger partial charge on any atom is 0.306 e. The van der Waals surface area contributed by atoms with E-state index in [1.165, 1.54) is 11.1 Å². The summed E-state index contributed by atoms with van der Waals surface area (Å²) in [5.41, 5.74) is 0.375. The third-order valence-corrected chi connectivity index (χ3v) is 12.1. The van der Waals surface area contributed by atoms with E-state index < -0.39 is 29.4 Å². The van der Waals surface area contributed by atoms with Crippen molar-refractivity contribution in [3.63, 3.8) is 0 Å². The number of carbonyl (C=O) groups is 2. The Morgan fingerprint density at radius 2 is 1.76 bits per heavy atom. The lowest BCUT2D eigenvalue weighted by molar-refractivity contribution is -0.176. The van der Waals surface area contributed by atoms with E-state index in [1.54, 1.807) is 0 Å². The monoisotopic (exact) mass is 516 g/mol. The number of Topliss-reactive ketones (excluding diaryl/α,β-unsaturated/α-hetero) is 1. The minimum absolute atomic E-state index is 0.00728. The van der Waals surface area contributed by atoms with Gasteiger partial charge < -0.3 is 20.1 Å². The normalized spacial score (nSPS) is 44.4. The zero-order valence-corrected chi connectivity index (χ0v) is 23.9. The van der Waals surface area contributed by atoms with Crippen molar-refractivity contribution in [2.45, 2.75) is 130 Å². The van der Waals surface area contributed by atoms with Gasteiger partial charge in [-0.25, -0.2) is 0 Å². The Labute approximate surface area is 222 Å². The van der Waals surface area contributed by atoms with Gasteiger partial charge in [-0.15, -0.1) is 0 Å². The summed E-state index contributed by atoms with van der Waals surface area (Å²) < 4.78 is 5.74. The number of rotatable bonds is 6. The largest absolute Gasteiger partial charge is 0.481 e. The standard InChI is InChI=1S/C31H48O6/c1-17(15-31(36,16-24(34)35)26-28(4,5)37-26)18-10-12-29(6)19-8-9-22-27(2,3)23(33)11-13-30(22,7)25(19)21(32)14-20(18)29/h17,19,21-22,25-26,32,36H,8-16H2,1-7H3,(H,34,35)/t17-,19+,21+,22?,25+,26+,29-,30+,31+/m1/s1. The summed E-state index contributed by atoms with van der Waals surface area (Å²) in [7, 11) is 0. The lowest BCUT2D eigenvalue weighted by Crippen LogP contribution is -2.61. The molecule has 0 aromatic heterocycles. The summed E-state index contributed by atoms with van der Waals surface area (Å²) in [6, 6.07) is 0. The maximum absolute atomic E-state index is 12.9. The van der Waals surface area contributed by atoms with Crippen molar-refractivity contribution in [1.29, 1.82) is 0 Å². The van der Waals surface area contributed by atoms with Gasteiger partial charge in [0.25, 0.3) is 0 Å². The first-order valence-corrected chi connectivity index (χ1v) is 14.5. The van der Waals surface area contributed by atoms with Crippen molar-refractivity contribution >= 4 is 11.8 Å². The molecule has 5 rings (SSSR count). The summed E-state index contributed by atoms with van der Waals surface area (Å²) in [6.45, 7) is 14.9. The summed E-state index contributed by atoms with van der Waals surface area (Å²) in [6.07, 6.45) is 5.28. The number of hydrogen-bond donors (Lipinski definition) is 3. The molecule has 208 valence electrons. The Hall–Kier alpha value is -1.24. The van der Waals surface area contributed by atoms with Crippen LogP contribution in [0.5, 0.6) is 0 Å². The van der Waals surface area contributed by atoms with Crippen LogP contribution in [0, 0.1) is 39.9 Å². The molecular weight excluding hydrogens is 468 g/mol. The predicted molar refractivity (Wildman–Crippen MR) is 141 cm³/mol. The van der Waals surface area contributed by atoms with E-state index in [-0.39, 0.29) is 34.5 Å². The van der Waals surface area contributed by atoms with Crippen molar-refractivity contribution in [1.82, 2.24) is 0 Å². The van der Waals surface area contributed by atoms with E-state index in [2.05, 4.69) is 34.6 Å². The molecule has 1 unspecified atom stereocenters. The molecule has 0 amide bonds. The highest BCUT2D eigenvalue weighted by atomic mass is 16.6. The third-order valence-electron chi connectivity index (χ3n) is 12.1. The Morgan fingerprint density at radius 1 is 1.11 bits per heavy atom. The molecule has 5 aliphatic rings. The fraction of sp³-hybridized carbons (Fsp3) is 0.871. The van der Waals surface area contributed by atoms with Gasteiger partial charge in [-0.05, 0) is 93.3 Å². The highest BCUT2D eigenvalue weighted by molar-refractivity contribution is 5.85. The van der Waals surface area contributed by atoms with Crippen LogP contribution in [-0.4, -0.2) is 50.5 Å². The molecule has 1 aliphatic heterocycles. The van der Waals surface area contributed by atoms with E-state index in [9.17, 15) is 24.9 Å². The molecule has 4 fully saturated rings. The van der Waals surface area contributed by atoms with Crippen molar-refractivity contribution in [3.05, 3.63) is 11.1 Å². The quantitative estimate of drug-likeness (QED) is 0.327. The minimum Gasteiger partial charge on any atom is -0.481 e. The first kappa shape index (κ1) is 27.3. The van der Waals surface area contributed by atoms with Gasteiger partial charge in [0.2, 0.25) is 0 Å². The fourth-order valence-electron chi connectivity index (χ4n) is 10.3. The molecule has 0 aromatic rings.